The van der Waals surface area contributed by atoms with Crippen molar-refractivity contribution < 1.29 is 4.79 Å². The van der Waals surface area contributed by atoms with Gasteiger partial charge >= 0.3 is 0 Å². The lowest BCUT2D eigenvalue weighted by molar-refractivity contribution is -0.113. The maximum Gasteiger partial charge on any atom is 0.234 e. The first-order chi connectivity index (χ1) is 14.9. The zero-order valence-electron chi connectivity index (χ0n) is 17.8. The Labute approximate surface area is 184 Å². The summed E-state index contributed by atoms with van der Waals surface area (Å²) in [6.07, 6.45) is 0. The maximum absolute atomic E-state index is 12.6. The highest BCUT2D eigenvalue weighted by Gasteiger charge is 2.17. The minimum absolute atomic E-state index is 0.141. The second-order valence-corrected chi connectivity index (χ2v) is 8.28. The Hall–Kier alpha value is -3.46. The van der Waals surface area contributed by atoms with E-state index in [4.69, 9.17) is 0 Å². The summed E-state index contributed by atoms with van der Waals surface area (Å²) in [4.78, 5) is 12.6. The molecule has 0 saturated carbocycles. The van der Waals surface area contributed by atoms with Crippen LogP contribution in [0, 0.1) is 27.7 Å². The summed E-state index contributed by atoms with van der Waals surface area (Å²) in [6, 6.07) is 16.0. The van der Waals surface area contributed by atoms with Gasteiger partial charge in [0.1, 0.15) is 0 Å². The molecule has 0 saturated heterocycles. The van der Waals surface area contributed by atoms with E-state index in [9.17, 15) is 4.79 Å². The van der Waals surface area contributed by atoms with Gasteiger partial charge in [-0.15, -0.1) is 5.10 Å². The third kappa shape index (κ3) is 4.51. The Morgan fingerprint density at radius 3 is 2.10 bits per heavy atom. The first-order valence-electron chi connectivity index (χ1n) is 9.83. The number of hydrogen-bond acceptors (Lipinski definition) is 6. The van der Waals surface area contributed by atoms with Crippen molar-refractivity contribution in [1.29, 1.82) is 0 Å². The molecule has 0 aliphatic rings. The van der Waals surface area contributed by atoms with Gasteiger partial charge in [-0.2, -0.15) is 9.78 Å². The fourth-order valence-electron chi connectivity index (χ4n) is 3.18. The van der Waals surface area contributed by atoms with Crippen LogP contribution in [-0.2, 0) is 4.79 Å². The average Bonchev–Trinajstić information content (AvgIpc) is 3.33. The standard InChI is InChI=1S/C22H23N7OS/c1-14-5-9-18(10-6-14)28-17(4)21(16(3)25-28)23-20(30)13-31-22-24-26-27-29(22)19-11-7-15(2)8-12-19/h5-12H,13H2,1-4H3,(H,23,30). The van der Waals surface area contributed by atoms with Crippen LogP contribution in [0.25, 0.3) is 11.4 Å². The van der Waals surface area contributed by atoms with Crippen LogP contribution in [0.4, 0.5) is 5.69 Å². The van der Waals surface area contributed by atoms with E-state index in [2.05, 4.69) is 25.9 Å². The number of tetrazole rings is 1. The summed E-state index contributed by atoms with van der Waals surface area (Å²) in [5, 5.41) is 20.0. The van der Waals surface area contributed by atoms with Crippen LogP contribution < -0.4 is 5.32 Å². The summed E-state index contributed by atoms with van der Waals surface area (Å²) in [7, 11) is 0. The van der Waals surface area contributed by atoms with E-state index in [1.807, 2.05) is 80.9 Å². The zero-order valence-corrected chi connectivity index (χ0v) is 18.6. The number of benzene rings is 2. The number of hydrogen-bond donors (Lipinski definition) is 1. The fraction of sp³-hybridized carbons (Fsp3) is 0.227. The molecule has 158 valence electrons. The Kier molecular flexibility index (Phi) is 5.85. The molecule has 31 heavy (non-hydrogen) atoms. The molecule has 9 heteroatoms. The van der Waals surface area contributed by atoms with Gasteiger partial charge in [0.05, 0.1) is 34.2 Å². The molecule has 0 fully saturated rings. The van der Waals surface area contributed by atoms with E-state index < -0.39 is 0 Å². The number of nitrogens with zero attached hydrogens (tertiary/aromatic N) is 6. The van der Waals surface area contributed by atoms with Crippen LogP contribution in [0.3, 0.4) is 0 Å². The third-order valence-corrected chi connectivity index (χ3v) is 5.81. The quantitative estimate of drug-likeness (QED) is 0.465. The number of rotatable bonds is 6. The molecule has 4 rings (SSSR count). The lowest BCUT2D eigenvalue weighted by atomic mass is 10.2. The lowest BCUT2D eigenvalue weighted by Gasteiger charge is -2.08. The molecule has 4 aromatic rings. The van der Waals surface area contributed by atoms with E-state index in [1.165, 1.54) is 17.3 Å². The van der Waals surface area contributed by atoms with Crippen LogP contribution in [0.15, 0.2) is 53.7 Å². The molecule has 1 amide bonds. The Morgan fingerprint density at radius 1 is 0.903 bits per heavy atom. The van der Waals surface area contributed by atoms with Crippen molar-refractivity contribution >= 4 is 23.4 Å². The van der Waals surface area contributed by atoms with Gasteiger partial charge in [-0.3, -0.25) is 4.79 Å². The highest BCUT2D eigenvalue weighted by atomic mass is 32.2. The van der Waals surface area contributed by atoms with Gasteiger partial charge in [0, 0.05) is 0 Å². The topological polar surface area (TPSA) is 90.5 Å². The van der Waals surface area contributed by atoms with Gasteiger partial charge in [-0.1, -0.05) is 47.2 Å². The first kappa shape index (κ1) is 20.8. The number of amides is 1. The number of nitrogens with one attached hydrogen (secondary N) is 1. The molecule has 0 radical (unpaired) electrons. The smallest absolute Gasteiger partial charge is 0.234 e. The van der Waals surface area contributed by atoms with Crippen molar-refractivity contribution in [2.75, 3.05) is 11.1 Å². The molecule has 2 aromatic heterocycles. The van der Waals surface area contributed by atoms with E-state index in [-0.39, 0.29) is 11.7 Å². The molecule has 1 N–H and O–H groups in total. The number of anilines is 1. The molecule has 8 nitrogen and oxygen atoms in total. The van der Waals surface area contributed by atoms with Crippen molar-refractivity contribution in [1.82, 2.24) is 30.0 Å². The summed E-state index contributed by atoms with van der Waals surface area (Å²) in [6.45, 7) is 7.90. The maximum atomic E-state index is 12.6. The average molecular weight is 434 g/mol. The highest BCUT2D eigenvalue weighted by molar-refractivity contribution is 7.99. The molecule has 0 aliphatic carbocycles. The number of aryl methyl sites for hydroxylation is 3. The largest absolute Gasteiger partial charge is 0.322 e. The SMILES string of the molecule is Cc1ccc(-n2nnnc2SCC(=O)Nc2c(C)nn(-c3ccc(C)cc3)c2C)cc1. The molecular formula is C22H23N7OS. The molecule has 0 spiro atoms. The van der Waals surface area contributed by atoms with Crippen molar-refractivity contribution in [3.8, 4) is 11.4 Å². The third-order valence-electron chi connectivity index (χ3n) is 4.89. The Balaban J connectivity index is 1.45. The van der Waals surface area contributed by atoms with E-state index in [0.29, 0.717) is 5.16 Å². The van der Waals surface area contributed by atoms with Crippen molar-refractivity contribution in [2.45, 2.75) is 32.9 Å². The normalized spacial score (nSPS) is 11.0. The van der Waals surface area contributed by atoms with Gasteiger partial charge in [-0.05, 0) is 62.4 Å². The fourth-order valence-corrected chi connectivity index (χ4v) is 3.87. The van der Waals surface area contributed by atoms with E-state index in [1.54, 1.807) is 4.68 Å². The van der Waals surface area contributed by atoms with Crippen molar-refractivity contribution in [3.63, 3.8) is 0 Å². The van der Waals surface area contributed by atoms with Crippen LogP contribution in [0.1, 0.15) is 22.5 Å². The number of carbonyl (C=O) groups is 1. The monoisotopic (exact) mass is 433 g/mol. The summed E-state index contributed by atoms with van der Waals surface area (Å²) in [5.74, 6) is 0.0407. The lowest BCUT2D eigenvalue weighted by Crippen LogP contribution is -2.15. The molecule has 0 atom stereocenters. The minimum atomic E-state index is -0.141. The Morgan fingerprint density at radius 2 is 1.48 bits per heavy atom. The predicted molar refractivity (Wildman–Crippen MR) is 121 cm³/mol. The molecule has 2 aromatic carbocycles. The summed E-state index contributed by atoms with van der Waals surface area (Å²) < 4.78 is 3.47. The molecule has 0 aliphatic heterocycles. The molecule has 2 heterocycles. The van der Waals surface area contributed by atoms with Gasteiger partial charge in [0.2, 0.25) is 11.1 Å². The Bertz CT molecular complexity index is 1210. The van der Waals surface area contributed by atoms with Crippen LogP contribution in [-0.4, -0.2) is 41.6 Å². The number of aromatic nitrogens is 6. The number of carbonyl (C=O) groups excluding carboxylic acids is 1. The molecular weight excluding hydrogens is 410 g/mol. The van der Waals surface area contributed by atoms with Crippen molar-refractivity contribution in [3.05, 3.63) is 71.0 Å². The first-order valence-corrected chi connectivity index (χ1v) is 10.8. The van der Waals surface area contributed by atoms with Crippen molar-refractivity contribution in [2.24, 2.45) is 0 Å². The summed E-state index contributed by atoms with van der Waals surface area (Å²) in [5.41, 5.74) is 6.52. The molecule has 0 bridgehead atoms. The number of thioether (sulfide) groups is 1. The molecule has 0 unspecified atom stereocenters. The second kappa shape index (κ2) is 8.73. The van der Waals surface area contributed by atoms with Crippen LogP contribution in [0.2, 0.25) is 0 Å². The predicted octanol–water partition coefficient (Wildman–Crippen LogP) is 3.81. The van der Waals surface area contributed by atoms with Gasteiger partial charge in [0.15, 0.2) is 0 Å². The highest BCUT2D eigenvalue weighted by Crippen LogP contribution is 2.24. The summed E-state index contributed by atoms with van der Waals surface area (Å²) >= 11 is 1.28. The van der Waals surface area contributed by atoms with Gasteiger partial charge in [0.25, 0.3) is 0 Å². The van der Waals surface area contributed by atoms with Crippen LogP contribution in [0.5, 0.6) is 0 Å². The zero-order chi connectivity index (χ0) is 22.0. The van der Waals surface area contributed by atoms with Gasteiger partial charge in [-0.25, -0.2) is 4.68 Å². The van der Waals surface area contributed by atoms with E-state index in [0.717, 1.165) is 34.0 Å². The van der Waals surface area contributed by atoms with Gasteiger partial charge < -0.3 is 5.32 Å². The van der Waals surface area contributed by atoms with E-state index >= 15 is 0 Å². The van der Waals surface area contributed by atoms with Crippen LogP contribution >= 0.6 is 11.8 Å². The second-order valence-electron chi connectivity index (χ2n) is 7.34. The minimum Gasteiger partial charge on any atom is -0.322 e.